The lowest BCUT2D eigenvalue weighted by Gasteiger charge is -2.33. The number of carbonyl (C=O) groups excluding carboxylic acids is 2. The molecule has 1 aliphatic heterocycles. The summed E-state index contributed by atoms with van der Waals surface area (Å²) >= 11 is 0. The van der Waals surface area contributed by atoms with Crippen LogP contribution in [0.4, 0.5) is 13.2 Å². The second-order valence-corrected chi connectivity index (χ2v) is 4.11. The Morgan fingerprint density at radius 3 is 1.69 bits per heavy atom. The molecule has 3 atom stereocenters. The maximum atomic E-state index is 12.5. The van der Waals surface area contributed by atoms with E-state index in [0.29, 0.717) is 6.92 Å². The van der Waals surface area contributed by atoms with Crippen LogP contribution in [-0.2, 0) is 9.59 Å². The third kappa shape index (κ3) is 1.59. The largest absolute Gasteiger partial charge is 0.436 e. The number of amides is 2. The summed E-state index contributed by atoms with van der Waals surface area (Å²) in [5.41, 5.74) is -3.44. The number of nitrogens with zero attached hydrogens (tertiary/aromatic N) is 1. The summed E-state index contributed by atoms with van der Waals surface area (Å²) in [5.74, 6) is -3.69. The van der Waals surface area contributed by atoms with Crippen molar-refractivity contribution in [2.75, 3.05) is 0 Å². The van der Waals surface area contributed by atoms with E-state index < -0.39 is 35.6 Å². The summed E-state index contributed by atoms with van der Waals surface area (Å²) in [5, 5.41) is 9.29. The second-order valence-electron chi connectivity index (χ2n) is 4.11. The zero-order valence-electron chi connectivity index (χ0n) is 9.00. The highest BCUT2D eigenvalue weighted by Crippen LogP contribution is 2.39. The molecule has 92 valence electrons. The van der Waals surface area contributed by atoms with Crippen LogP contribution in [0.5, 0.6) is 0 Å². The van der Waals surface area contributed by atoms with E-state index in [2.05, 4.69) is 0 Å². The highest BCUT2D eigenvalue weighted by Gasteiger charge is 2.62. The molecule has 16 heavy (non-hydrogen) atoms. The Morgan fingerprint density at radius 1 is 1.12 bits per heavy atom. The van der Waals surface area contributed by atoms with Gasteiger partial charge in [-0.15, -0.1) is 0 Å². The van der Waals surface area contributed by atoms with E-state index in [0.717, 1.165) is 0 Å². The van der Waals surface area contributed by atoms with Crippen LogP contribution in [0.15, 0.2) is 0 Å². The summed E-state index contributed by atoms with van der Waals surface area (Å²) in [7, 11) is 0. The molecule has 1 saturated heterocycles. The Bertz CT molecular complexity index is 317. The highest BCUT2D eigenvalue weighted by atomic mass is 19.4. The van der Waals surface area contributed by atoms with Gasteiger partial charge in [-0.3, -0.25) is 9.59 Å². The molecule has 4 nitrogen and oxygen atoms in total. The Morgan fingerprint density at radius 2 is 1.44 bits per heavy atom. The average molecular weight is 239 g/mol. The van der Waals surface area contributed by atoms with Gasteiger partial charge < -0.3 is 5.11 Å². The zero-order chi connectivity index (χ0) is 12.9. The maximum absolute atomic E-state index is 12.5. The molecule has 0 aromatic heterocycles. The summed E-state index contributed by atoms with van der Waals surface area (Å²) in [6, 6.07) is 0. The predicted octanol–water partition coefficient (Wildman–Crippen LogP) is 0.898. The van der Waals surface area contributed by atoms with E-state index in [1.165, 1.54) is 13.8 Å². The van der Waals surface area contributed by atoms with E-state index >= 15 is 0 Å². The Labute approximate surface area is 90.0 Å². The molecule has 1 rings (SSSR count). The molecule has 1 fully saturated rings. The van der Waals surface area contributed by atoms with Crippen molar-refractivity contribution in [3.8, 4) is 0 Å². The van der Waals surface area contributed by atoms with E-state index in [9.17, 15) is 27.9 Å². The van der Waals surface area contributed by atoms with Crippen LogP contribution in [0.3, 0.4) is 0 Å². The topological polar surface area (TPSA) is 57.6 Å². The van der Waals surface area contributed by atoms with Crippen molar-refractivity contribution >= 4 is 11.8 Å². The number of aliphatic hydroxyl groups is 1. The van der Waals surface area contributed by atoms with Crippen molar-refractivity contribution in [2.24, 2.45) is 11.8 Å². The molecule has 1 heterocycles. The minimum atomic E-state index is -5.07. The molecule has 0 saturated carbocycles. The zero-order valence-corrected chi connectivity index (χ0v) is 9.00. The fourth-order valence-corrected chi connectivity index (χ4v) is 1.50. The lowest BCUT2D eigenvalue weighted by atomic mass is 10.00. The van der Waals surface area contributed by atoms with Crippen LogP contribution in [0, 0.1) is 11.8 Å². The minimum absolute atomic E-state index is 0.0949. The fraction of sp³-hybridized carbons (Fsp3) is 0.778. The summed E-state index contributed by atoms with van der Waals surface area (Å²) in [4.78, 5) is 22.8. The molecule has 0 aliphatic carbocycles. The standard InChI is InChI=1S/C9H12F3NO3/c1-4-5(2)7(15)13(6(4)14)8(3,16)9(10,11)12/h4-5,16H,1-3H3. The molecule has 2 amide bonds. The molecule has 0 aromatic carbocycles. The molecule has 0 radical (unpaired) electrons. The number of hydrogen-bond acceptors (Lipinski definition) is 3. The Hall–Kier alpha value is -1.11. The molecular formula is C9H12F3NO3. The van der Waals surface area contributed by atoms with Gasteiger partial charge in [-0.25, -0.2) is 4.90 Å². The van der Waals surface area contributed by atoms with Crippen molar-refractivity contribution in [1.29, 1.82) is 0 Å². The van der Waals surface area contributed by atoms with Gasteiger partial charge in [-0.05, 0) is 6.92 Å². The monoisotopic (exact) mass is 239 g/mol. The van der Waals surface area contributed by atoms with E-state index in [1.54, 1.807) is 0 Å². The number of halogens is 3. The molecule has 3 unspecified atom stereocenters. The first-order valence-corrected chi connectivity index (χ1v) is 4.69. The quantitative estimate of drug-likeness (QED) is 0.691. The average Bonchev–Trinajstić information content (AvgIpc) is 2.29. The number of rotatable bonds is 1. The van der Waals surface area contributed by atoms with Gasteiger partial charge in [0.15, 0.2) is 0 Å². The van der Waals surface area contributed by atoms with Crippen molar-refractivity contribution in [3.05, 3.63) is 0 Å². The lowest BCUT2D eigenvalue weighted by Crippen LogP contribution is -2.59. The van der Waals surface area contributed by atoms with Gasteiger partial charge in [-0.1, -0.05) is 13.8 Å². The van der Waals surface area contributed by atoms with Gasteiger partial charge in [0.05, 0.1) is 0 Å². The van der Waals surface area contributed by atoms with Gasteiger partial charge >= 0.3 is 6.18 Å². The normalized spacial score (nSPS) is 30.8. The Balaban J connectivity index is 3.16. The second kappa shape index (κ2) is 3.44. The van der Waals surface area contributed by atoms with Gasteiger partial charge in [0.25, 0.3) is 0 Å². The van der Waals surface area contributed by atoms with Gasteiger partial charge in [0, 0.05) is 11.8 Å². The smallest absolute Gasteiger partial charge is 0.363 e. The first-order chi connectivity index (χ1) is 7.01. The Kier molecular flexibility index (Phi) is 2.79. The summed E-state index contributed by atoms with van der Waals surface area (Å²) < 4.78 is 37.5. The molecule has 0 bridgehead atoms. The van der Waals surface area contributed by atoms with Crippen molar-refractivity contribution in [3.63, 3.8) is 0 Å². The van der Waals surface area contributed by atoms with Gasteiger partial charge in [-0.2, -0.15) is 13.2 Å². The highest BCUT2D eigenvalue weighted by molar-refractivity contribution is 6.05. The third-order valence-corrected chi connectivity index (χ3v) is 2.94. The maximum Gasteiger partial charge on any atom is 0.436 e. The van der Waals surface area contributed by atoms with Crippen molar-refractivity contribution < 1.29 is 27.9 Å². The SMILES string of the molecule is CC1C(=O)N(C(C)(O)C(F)(F)F)C(=O)C1C. The van der Waals surface area contributed by atoms with Crippen LogP contribution in [0.2, 0.25) is 0 Å². The number of carbonyl (C=O) groups is 2. The number of hydrogen-bond donors (Lipinski definition) is 1. The van der Waals surface area contributed by atoms with Crippen LogP contribution >= 0.6 is 0 Å². The molecule has 1 N–H and O–H groups in total. The molecule has 0 aromatic rings. The molecule has 1 aliphatic rings. The fourth-order valence-electron chi connectivity index (χ4n) is 1.50. The van der Waals surface area contributed by atoms with Crippen LogP contribution in [0.25, 0.3) is 0 Å². The number of imide groups is 1. The number of likely N-dealkylation sites (tertiary alicyclic amines) is 1. The molecule has 0 spiro atoms. The van der Waals surface area contributed by atoms with Crippen LogP contribution in [-0.4, -0.2) is 33.7 Å². The summed E-state index contributed by atoms with van der Waals surface area (Å²) in [6.07, 6.45) is -5.07. The van der Waals surface area contributed by atoms with E-state index in [1.807, 2.05) is 0 Å². The predicted molar refractivity (Wildman–Crippen MR) is 46.9 cm³/mol. The summed E-state index contributed by atoms with van der Waals surface area (Å²) in [6.45, 7) is 3.11. The first kappa shape index (κ1) is 13.0. The van der Waals surface area contributed by atoms with E-state index in [4.69, 9.17) is 0 Å². The van der Waals surface area contributed by atoms with Gasteiger partial charge in [0.1, 0.15) is 0 Å². The molecular weight excluding hydrogens is 227 g/mol. The van der Waals surface area contributed by atoms with Crippen LogP contribution < -0.4 is 0 Å². The molecule has 7 heteroatoms. The van der Waals surface area contributed by atoms with Crippen LogP contribution in [0.1, 0.15) is 20.8 Å². The third-order valence-electron chi connectivity index (χ3n) is 2.94. The lowest BCUT2D eigenvalue weighted by molar-refractivity contribution is -0.295. The first-order valence-electron chi connectivity index (χ1n) is 4.69. The van der Waals surface area contributed by atoms with E-state index in [-0.39, 0.29) is 4.90 Å². The van der Waals surface area contributed by atoms with Crippen molar-refractivity contribution in [2.45, 2.75) is 32.7 Å². The van der Waals surface area contributed by atoms with Gasteiger partial charge in [0.2, 0.25) is 17.5 Å². The number of alkyl halides is 3. The minimum Gasteiger partial charge on any atom is -0.363 e. The van der Waals surface area contributed by atoms with Crippen molar-refractivity contribution in [1.82, 2.24) is 4.90 Å².